The molecule has 1 heterocycles. The molecule has 0 aromatic carbocycles. The molecule has 1 aromatic rings. The first-order chi connectivity index (χ1) is 8.34. The first kappa shape index (κ1) is 15.0. The highest BCUT2D eigenvalue weighted by Gasteiger charge is 2.34. The van der Waals surface area contributed by atoms with Crippen molar-refractivity contribution in [1.29, 1.82) is 0 Å². The maximum absolute atomic E-state index is 12.8. The molecule has 1 rings (SSSR count). The van der Waals surface area contributed by atoms with E-state index in [2.05, 4.69) is 10.3 Å². The molecule has 18 heavy (non-hydrogen) atoms. The van der Waals surface area contributed by atoms with E-state index in [9.17, 15) is 13.2 Å². The van der Waals surface area contributed by atoms with E-state index >= 15 is 0 Å². The quantitative estimate of drug-likeness (QED) is 0.878. The zero-order valence-electron chi connectivity index (χ0n) is 10.9. The number of rotatable bonds is 5. The average molecular weight is 260 g/mol. The summed E-state index contributed by atoms with van der Waals surface area (Å²) in [6, 6.07) is 2.43. The highest BCUT2D eigenvalue weighted by molar-refractivity contribution is 5.23. The predicted octanol–water partition coefficient (Wildman–Crippen LogP) is 3.28. The summed E-state index contributed by atoms with van der Waals surface area (Å²) < 4.78 is 38.4. The lowest BCUT2D eigenvalue weighted by Gasteiger charge is -2.20. The van der Waals surface area contributed by atoms with Crippen molar-refractivity contribution in [2.24, 2.45) is 5.92 Å². The normalized spacial score (nSPS) is 13.9. The van der Waals surface area contributed by atoms with Crippen LogP contribution in [-0.2, 0) is 12.6 Å². The number of halogens is 3. The van der Waals surface area contributed by atoms with Crippen molar-refractivity contribution in [3.8, 4) is 0 Å². The summed E-state index contributed by atoms with van der Waals surface area (Å²) in [5.74, 6) is 0.431. The van der Waals surface area contributed by atoms with Crippen molar-refractivity contribution in [3.05, 3.63) is 29.6 Å². The molecular formula is C13H19F3N2. The van der Waals surface area contributed by atoms with E-state index in [0.29, 0.717) is 12.3 Å². The van der Waals surface area contributed by atoms with Gasteiger partial charge in [-0.2, -0.15) is 13.2 Å². The first-order valence-corrected chi connectivity index (χ1v) is 6.03. The van der Waals surface area contributed by atoms with E-state index < -0.39 is 11.7 Å². The second kappa shape index (κ2) is 6.18. The Morgan fingerprint density at radius 2 is 2.00 bits per heavy atom. The molecule has 0 saturated carbocycles. The summed E-state index contributed by atoms with van der Waals surface area (Å²) in [6.07, 6.45) is -1.80. The van der Waals surface area contributed by atoms with Crippen LogP contribution in [0.4, 0.5) is 13.2 Å². The number of nitrogens with zero attached hydrogens (tertiary/aromatic N) is 1. The monoisotopic (exact) mass is 260 g/mol. The smallest absolute Gasteiger partial charge is 0.317 e. The van der Waals surface area contributed by atoms with E-state index in [1.54, 1.807) is 7.05 Å². The fourth-order valence-corrected chi connectivity index (χ4v) is 1.96. The molecule has 0 amide bonds. The molecule has 0 spiro atoms. The highest BCUT2D eigenvalue weighted by atomic mass is 19.4. The van der Waals surface area contributed by atoms with E-state index in [4.69, 9.17) is 0 Å². The van der Waals surface area contributed by atoms with Crippen molar-refractivity contribution >= 4 is 0 Å². The molecular weight excluding hydrogens is 241 g/mol. The molecule has 1 unspecified atom stereocenters. The first-order valence-electron chi connectivity index (χ1n) is 6.03. The van der Waals surface area contributed by atoms with Gasteiger partial charge in [-0.1, -0.05) is 13.8 Å². The van der Waals surface area contributed by atoms with E-state index in [1.807, 2.05) is 13.8 Å². The number of alkyl halides is 3. The maximum atomic E-state index is 12.8. The van der Waals surface area contributed by atoms with Crippen LogP contribution in [0.2, 0.25) is 0 Å². The summed E-state index contributed by atoms with van der Waals surface area (Å²) in [5.41, 5.74) is -0.515. The van der Waals surface area contributed by atoms with E-state index in [1.165, 1.54) is 12.3 Å². The molecule has 2 nitrogen and oxygen atoms in total. The van der Waals surface area contributed by atoms with Crippen molar-refractivity contribution in [2.45, 2.75) is 38.9 Å². The zero-order chi connectivity index (χ0) is 13.8. The number of aromatic nitrogens is 1. The highest BCUT2D eigenvalue weighted by Crippen LogP contribution is 2.31. The van der Waals surface area contributed by atoms with Crippen LogP contribution >= 0.6 is 0 Å². The van der Waals surface area contributed by atoms with Gasteiger partial charge < -0.3 is 5.32 Å². The molecule has 0 aliphatic heterocycles. The third kappa shape index (κ3) is 4.29. The Balaban J connectivity index is 2.89. The Morgan fingerprint density at radius 1 is 1.33 bits per heavy atom. The number of hydrogen-bond acceptors (Lipinski definition) is 2. The SMILES string of the molecule is CNC(Cc1ncccc1C(F)(F)F)CC(C)C. The molecule has 102 valence electrons. The lowest BCUT2D eigenvalue weighted by Crippen LogP contribution is -2.30. The Morgan fingerprint density at radius 3 is 2.50 bits per heavy atom. The molecule has 0 saturated heterocycles. The lowest BCUT2D eigenvalue weighted by atomic mass is 9.98. The summed E-state index contributed by atoms with van der Waals surface area (Å²) in [5, 5.41) is 3.05. The van der Waals surface area contributed by atoms with Crippen LogP contribution in [-0.4, -0.2) is 18.1 Å². The molecule has 1 atom stereocenters. The molecule has 0 fully saturated rings. The van der Waals surface area contributed by atoms with Crippen LogP contribution in [0, 0.1) is 5.92 Å². The third-order valence-corrected chi connectivity index (χ3v) is 2.80. The Labute approximate surface area is 106 Å². The van der Waals surface area contributed by atoms with Gasteiger partial charge in [-0.25, -0.2) is 0 Å². The molecule has 0 radical (unpaired) electrons. The number of nitrogens with one attached hydrogen (secondary N) is 1. The summed E-state index contributed by atoms with van der Waals surface area (Å²) in [4.78, 5) is 3.88. The van der Waals surface area contributed by atoms with E-state index in [-0.39, 0.29) is 11.7 Å². The Kier molecular flexibility index (Phi) is 5.14. The summed E-state index contributed by atoms with van der Waals surface area (Å²) in [7, 11) is 1.77. The van der Waals surface area contributed by atoms with Crippen LogP contribution in [0.1, 0.15) is 31.5 Å². The van der Waals surface area contributed by atoms with Gasteiger partial charge in [0.05, 0.1) is 11.3 Å². The second-order valence-corrected chi connectivity index (χ2v) is 4.81. The van der Waals surface area contributed by atoms with Crippen LogP contribution in [0.15, 0.2) is 18.3 Å². The van der Waals surface area contributed by atoms with Crippen LogP contribution in [0.3, 0.4) is 0 Å². The summed E-state index contributed by atoms with van der Waals surface area (Å²) in [6.45, 7) is 4.10. The minimum atomic E-state index is -4.33. The molecule has 5 heteroatoms. The van der Waals surface area contributed by atoms with Crippen molar-refractivity contribution in [1.82, 2.24) is 10.3 Å². The topological polar surface area (TPSA) is 24.9 Å². The van der Waals surface area contributed by atoms with Crippen molar-refractivity contribution < 1.29 is 13.2 Å². The van der Waals surface area contributed by atoms with Gasteiger partial charge in [-0.15, -0.1) is 0 Å². The minimum absolute atomic E-state index is 0.0148. The molecule has 1 N–H and O–H groups in total. The van der Waals surface area contributed by atoms with Crippen molar-refractivity contribution in [2.75, 3.05) is 7.05 Å². The molecule has 0 bridgehead atoms. The Hall–Kier alpha value is -1.10. The van der Waals surface area contributed by atoms with Crippen LogP contribution < -0.4 is 5.32 Å². The standard InChI is InChI=1S/C13H19F3N2/c1-9(2)7-10(17-3)8-12-11(13(14,15)16)5-4-6-18-12/h4-6,9-10,17H,7-8H2,1-3H3. The van der Waals surface area contributed by atoms with Gasteiger partial charge in [-0.3, -0.25) is 4.98 Å². The molecule has 1 aromatic heterocycles. The van der Waals surface area contributed by atoms with Gasteiger partial charge in [-0.05, 0) is 31.5 Å². The number of likely N-dealkylation sites (N-methyl/N-ethyl adjacent to an activating group) is 1. The Bertz CT molecular complexity index is 375. The minimum Gasteiger partial charge on any atom is -0.317 e. The number of hydrogen-bond donors (Lipinski definition) is 1. The predicted molar refractivity (Wildman–Crippen MR) is 65.2 cm³/mol. The van der Waals surface area contributed by atoms with Gasteiger partial charge >= 0.3 is 6.18 Å². The largest absolute Gasteiger partial charge is 0.418 e. The van der Waals surface area contributed by atoms with Gasteiger partial charge in [0.1, 0.15) is 0 Å². The van der Waals surface area contributed by atoms with Gasteiger partial charge in [0.15, 0.2) is 0 Å². The average Bonchev–Trinajstić information content (AvgIpc) is 2.26. The van der Waals surface area contributed by atoms with Crippen LogP contribution in [0.25, 0.3) is 0 Å². The fraction of sp³-hybridized carbons (Fsp3) is 0.615. The zero-order valence-corrected chi connectivity index (χ0v) is 10.9. The van der Waals surface area contributed by atoms with Crippen LogP contribution in [0.5, 0.6) is 0 Å². The van der Waals surface area contributed by atoms with E-state index in [0.717, 1.165) is 12.5 Å². The van der Waals surface area contributed by atoms with Crippen molar-refractivity contribution in [3.63, 3.8) is 0 Å². The maximum Gasteiger partial charge on any atom is 0.418 e. The second-order valence-electron chi connectivity index (χ2n) is 4.81. The van der Waals surface area contributed by atoms with Gasteiger partial charge in [0, 0.05) is 18.7 Å². The number of pyridine rings is 1. The lowest BCUT2D eigenvalue weighted by molar-refractivity contribution is -0.138. The fourth-order valence-electron chi connectivity index (χ4n) is 1.96. The molecule has 0 aliphatic carbocycles. The summed E-state index contributed by atoms with van der Waals surface area (Å²) >= 11 is 0. The van der Waals surface area contributed by atoms with Gasteiger partial charge in [0.2, 0.25) is 0 Å². The third-order valence-electron chi connectivity index (χ3n) is 2.80. The van der Waals surface area contributed by atoms with Gasteiger partial charge in [0.25, 0.3) is 0 Å². The molecule has 0 aliphatic rings.